The Kier molecular flexibility index (Phi) is 7.30. The van der Waals surface area contributed by atoms with Gasteiger partial charge in [-0.2, -0.15) is 0 Å². The van der Waals surface area contributed by atoms with E-state index in [4.69, 9.17) is 4.74 Å². The van der Waals surface area contributed by atoms with Crippen LogP contribution in [0.5, 0.6) is 0 Å². The van der Waals surface area contributed by atoms with Gasteiger partial charge in [-0.3, -0.25) is 0 Å². The Morgan fingerprint density at radius 1 is 1.46 bits per heavy atom. The number of carbonyl (C=O) groups excluding carboxylic acids is 1. The summed E-state index contributed by atoms with van der Waals surface area (Å²) in [6.07, 6.45) is 1.61. The molecule has 68 valence electrons. The van der Waals surface area contributed by atoms with Crippen molar-refractivity contribution in [1.82, 2.24) is 4.90 Å². The van der Waals surface area contributed by atoms with Gasteiger partial charge in [-0.25, -0.2) is 0 Å². The second-order valence-electron chi connectivity index (χ2n) is 2.75. The first kappa shape index (κ1) is 13.6. The third-order valence-corrected chi connectivity index (χ3v) is 1.74. The Hall–Kier alpha value is 0.606. The van der Waals surface area contributed by atoms with Gasteiger partial charge in [0.1, 0.15) is 0 Å². The normalized spacial score (nSPS) is 17.9. The first-order valence-corrected chi connectivity index (χ1v) is 3.91. The first-order chi connectivity index (χ1) is 5.70. The van der Waals surface area contributed by atoms with Crippen LogP contribution in [0.25, 0.3) is 0 Å². The van der Waals surface area contributed by atoms with Gasteiger partial charge in [-0.15, -0.1) is 0 Å². The average Bonchev–Trinajstić information content (AvgIpc) is 2.06. The van der Waals surface area contributed by atoms with Crippen LogP contribution in [0.4, 0.5) is 0 Å². The molecule has 1 aliphatic heterocycles. The van der Waals surface area contributed by atoms with Crippen LogP contribution in [0.15, 0.2) is 11.8 Å². The number of ether oxygens (including phenoxy) is 1. The average molecular weight is 209 g/mol. The quantitative estimate of drug-likeness (QED) is 0.343. The van der Waals surface area contributed by atoms with Gasteiger partial charge in [0.05, 0.1) is 19.2 Å². The van der Waals surface area contributed by atoms with Crippen LogP contribution in [-0.4, -0.2) is 37.2 Å². The fraction of sp³-hybridized carbons (Fsp3) is 0.625. The topological polar surface area (TPSA) is 52.6 Å². The summed E-state index contributed by atoms with van der Waals surface area (Å²) in [5.41, 5.74) is 0.261. The molecule has 1 rings (SSSR count). The molecule has 0 amide bonds. The van der Waals surface area contributed by atoms with E-state index in [2.05, 4.69) is 0 Å². The number of aliphatic carboxylic acids is 1. The Bertz CT molecular complexity index is 200. The predicted octanol–water partition coefficient (Wildman–Crippen LogP) is -4.02. The fourth-order valence-electron chi connectivity index (χ4n) is 1.03. The zero-order chi connectivity index (χ0) is 8.97. The zero-order valence-electron chi connectivity index (χ0n) is 8.08. The van der Waals surface area contributed by atoms with E-state index in [9.17, 15) is 9.90 Å². The van der Waals surface area contributed by atoms with Crippen molar-refractivity contribution in [2.75, 3.05) is 26.3 Å². The Morgan fingerprint density at radius 2 is 2.00 bits per heavy atom. The van der Waals surface area contributed by atoms with E-state index in [0.717, 1.165) is 13.1 Å². The maximum atomic E-state index is 10.3. The van der Waals surface area contributed by atoms with Crippen molar-refractivity contribution in [2.24, 2.45) is 0 Å². The van der Waals surface area contributed by atoms with Crippen molar-refractivity contribution in [1.29, 1.82) is 0 Å². The standard InChI is InChI=1S/C8H13NO3.K/c1-7(8(10)11)6-9-2-4-12-5-3-9;/h6H,2-5H2,1H3,(H,10,11);/q;+1/p-1/b7-6+;. The molecule has 0 aromatic rings. The van der Waals surface area contributed by atoms with Gasteiger partial charge in [0.15, 0.2) is 0 Å². The number of hydrogen-bond acceptors (Lipinski definition) is 4. The third-order valence-electron chi connectivity index (χ3n) is 1.74. The van der Waals surface area contributed by atoms with E-state index in [1.807, 2.05) is 4.90 Å². The number of carbonyl (C=O) groups is 1. The molecule has 0 aromatic carbocycles. The molecular weight excluding hydrogens is 197 g/mol. The monoisotopic (exact) mass is 209 g/mol. The van der Waals surface area contributed by atoms with Crippen LogP contribution < -0.4 is 56.5 Å². The summed E-state index contributed by atoms with van der Waals surface area (Å²) in [5.74, 6) is -1.11. The predicted molar refractivity (Wildman–Crippen MR) is 41.2 cm³/mol. The molecule has 0 spiro atoms. The van der Waals surface area contributed by atoms with Gasteiger partial charge >= 0.3 is 51.4 Å². The van der Waals surface area contributed by atoms with Gasteiger partial charge in [0, 0.05) is 19.3 Å². The molecule has 5 heteroatoms. The molecule has 0 aromatic heterocycles. The molecule has 1 aliphatic rings. The molecule has 0 atom stereocenters. The summed E-state index contributed by atoms with van der Waals surface area (Å²) in [6, 6.07) is 0. The van der Waals surface area contributed by atoms with Crippen molar-refractivity contribution in [3.63, 3.8) is 0 Å². The van der Waals surface area contributed by atoms with Gasteiger partial charge in [-0.1, -0.05) is 0 Å². The van der Waals surface area contributed by atoms with Gasteiger partial charge in [0.25, 0.3) is 0 Å². The first-order valence-electron chi connectivity index (χ1n) is 3.91. The van der Waals surface area contributed by atoms with Crippen LogP contribution in [0, 0.1) is 0 Å². The Labute approximate surface area is 120 Å². The van der Waals surface area contributed by atoms with Crippen molar-refractivity contribution in [3.8, 4) is 0 Å². The van der Waals surface area contributed by atoms with E-state index in [1.54, 1.807) is 6.20 Å². The van der Waals surface area contributed by atoms with Crippen molar-refractivity contribution in [2.45, 2.75) is 6.92 Å². The van der Waals surface area contributed by atoms with E-state index in [1.165, 1.54) is 6.92 Å². The minimum atomic E-state index is -1.11. The Balaban J connectivity index is 0.00000144. The second-order valence-corrected chi connectivity index (χ2v) is 2.75. The molecule has 0 radical (unpaired) electrons. The van der Waals surface area contributed by atoms with Crippen LogP contribution >= 0.6 is 0 Å². The van der Waals surface area contributed by atoms with Crippen molar-refractivity contribution < 1.29 is 66.0 Å². The van der Waals surface area contributed by atoms with E-state index in [0.29, 0.717) is 13.2 Å². The molecule has 1 saturated heterocycles. The smallest absolute Gasteiger partial charge is 0.545 e. The van der Waals surface area contributed by atoms with E-state index >= 15 is 0 Å². The summed E-state index contributed by atoms with van der Waals surface area (Å²) in [5, 5.41) is 10.3. The maximum absolute atomic E-state index is 10.3. The summed E-state index contributed by atoms with van der Waals surface area (Å²) >= 11 is 0. The number of nitrogens with zero attached hydrogens (tertiary/aromatic N) is 1. The molecule has 13 heavy (non-hydrogen) atoms. The summed E-state index contributed by atoms with van der Waals surface area (Å²) in [4.78, 5) is 12.3. The van der Waals surface area contributed by atoms with Gasteiger partial charge < -0.3 is 19.5 Å². The molecule has 0 saturated carbocycles. The van der Waals surface area contributed by atoms with Crippen molar-refractivity contribution >= 4 is 5.97 Å². The van der Waals surface area contributed by atoms with Crippen LogP contribution in [0.3, 0.4) is 0 Å². The minimum absolute atomic E-state index is 0. The molecule has 0 N–H and O–H groups in total. The number of carboxylic acids is 1. The van der Waals surface area contributed by atoms with Crippen LogP contribution in [0.2, 0.25) is 0 Å². The Morgan fingerprint density at radius 3 is 2.46 bits per heavy atom. The molecule has 4 nitrogen and oxygen atoms in total. The maximum Gasteiger partial charge on any atom is 1.00 e. The third kappa shape index (κ3) is 5.14. The molecule has 1 heterocycles. The minimum Gasteiger partial charge on any atom is -0.545 e. The number of rotatable bonds is 2. The second kappa shape index (κ2) is 6.97. The van der Waals surface area contributed by atoms with Crippen LogP contribution in [0.1, 0.15) is 6.92 Å². The summed E-state index contributed by atoms with van der Waals surface area (Å²) in [7, 11) is 0. The van der Waals surface area contributed by atoms with Gasteiger partial charge in [-0.05, 0) is 12.5 Å². The number of hydrogen-bond donors (Lipinski definition) is 0. The van der Waals surface area contributed by atoms with Gasteiger partial charge in [0.2, 0.25) is 0 Å². The van der Waals surface area contributed by atoms with E-state index < -0.39 is 5.97 Å². The molecule has 0 aliphatic carbocycles. The molecule has 0 unspecified atom stereocenters. The van der Waals surface area contributed by atoms with Crippen LogP contribution in [-0.2, 0) is 9.53 Å². The largest absolute Gasteiger partial charge is 1.00 e. The zero-order valence-corrected chi connectivity index (χ0v) is 11.2. The molecular formula is C8H12KNO3. The van der Waals surface area contributed by atoms with E-state index in [-0.39, 0.29) is 57.0 Å². The summed E-state index contributed by atoms with van der Waals surface area (Å²) in [6.45, 7) is 4.37. The summed E-state index contributed by atoms with van der Waals surface area (Å²) < 4.78 is 5.11. The fourth-order valence-corrected chi connectivity index (χ4v) is 1.03. The number of carboxylic acid groups (broad SMARTS) is 1. The number of morpholine rings is 1. The molecule has 0 bridgehead atoms. The SMILES string of the molecule is C/C(=C\N1CCOCC1)C(=O)[O-].[K+]. The molecule has 1 fully saturated rings. The van der Waals surface area contributed by atoms with Crippen molar-refractivity contribution in [3.05, 3.63) is 11.8 Å².